The summed E-state index contributed by atoms with van der Waals surface area (Å²) >= 11 is 0.130. The van der Waals surface area contributed by atoms with Gasteiger partial charge in [0.25, 0.3) is 0 Å². The molecule has 0 saturated heterocycles. The molecule has 5 heteroatoms. The molecule has 48 heavy (non-hydrogen) atoms. The molecule has 0 saturated carbocycles. The van der Waals surface area contributed by atoms with Gasteiger partial charge in [0.2, 0.25) is 0 Å². The Kier molecular flexibility index (Phi) is 6.16. The summed E-state index contributed by atoms with van der Waals surface area (Å²) in [5, 5.41) is 4.70. The van der Waals surface area contributed by atoms with Gasteiger partial charge in [0.05, 0.1) is 0 Å². The second-order valence-corrected chi connectivity index (χ2v) is 14.3. The third-order valence-electron chi connectivity index (χ3n) is 9.09. The Bertz CT molecular complexity index is 2780. The Morgan fingerprint density at radius 2 is 1.19 bits per heavy atom. The SMILES string of the molecule is c1ccc(-c2cccc(N(c3ccc4c(c3)[se]c3cccc(-c5nc6ccccc6o5)c34)c3ccc4oc5ccccc5c4c3)c2)cc1. The van der Waals surface area contributed by atoms with Crippen LogP contribution in [0.3, 0.4) is 0 Å². The zero-order chi connectivity index (χ0) is 31.6. The molecule has 0 aliphatic carbocycles. The Labute approximate surface area is 281 Å². The molecule has 0 fully saturated rings. The summed E-state index contributed by atoms with van der Waals surface area (Å²) in [4.78, 5) is 7.23. The standard InChI is InChI=1S/C43H26N2O2Se/c1-2-10-27(11-3-1)28-12-8-13-29(24-28)45(30-21-23-38-35(25-30)32-14-4-6-17-37(32)46-38)31-20-22-33-41(26-31)48-40-19-9-15-34(42(33)40)43-44-36-16-5-7-18-39(36)47-43/h1-26H. The van der Waals surface area contributed by atoms with Crippen LogP contribution < -0.4 is 4.90 Å². The Morgan fingerprint density at radius 3 is 2.10 bits per heavy atom. The van der Waals surface area contributed by atoms with E-state index in [1.807, 2.05) is 36.4 Å². The van der Waals surface area contributed by atoms with Crippen LogP contribution in [0.5, 0.6) is 0 Å². The summed E-state index contributed by atoms with van der Waals surface area (Å²) in [5.41, 5.74) is 10.2. The number of hydrogen-bond acceptors (Lipinski definition) is 4. The third kappa shape index (κ3) is 4.40. The molecule has 0 aliphatic heterocycles. The van der Waals surface area contributed by atoms with E-state index in [2.05, 4.69) is 126 Å². The Balaban J connectivity index is 1.17. The van der Waals surface area contributed by atoms with Gasteiger partial charge in [-0.1, -0.05) is 0 Å². The summed E-state index contributed by atoms with van der Waals surface area (Å²) in [5.74, 6) is 0.667. The molecule has 0 unspecified atom stereocenters. The maximum absolute atomic E-state index is 6.26. The van der Waals surface area contributed by atoms with Crippen molar-refractivity contribution in [2.24, 2.45) is 0 Å². The number of anilines is 3. The van der Waals surface area contributed by atoms with Gasteiger partial charge in [-0.15, -0.1) is 0 Å². The molecular weight excluding hydrogens is 655 g/mol. The van der Waals surface area contributed by atoms with E-state index in [1.54, 1.807) is 0 Å². The van der Waals surface area contributed by atoms with Crippen LogP contribution in [-0.4, -0.2) is 19.5 Å². The quantitative estimate of drug-likeness (QED) is 0.170. The number of fused-ring (bicyclic) bond motifs is 7. The van der Waals surface area contributed by atoms with Crippen molar-refractivity contribution < 1.29 is 8.83 Å². The van der Waals surface area contributed by atoms with Crippen LogP contribution in [-0.2, 0) is 0 Å². The summed E-state index contributed by atoms with van der Waals surface area (Å²) in [6, 6.07) is 55.5. The first-order valence-electron chi connectivity index (χ1n) is 15.9. The van der Waals surface area contributed by atoms with E-state index in [1.165, 1.54) is 30.4 Å². The Morgan fingerprint density at radius 1 is 0.458 bits per heavy atom. The maximum atomic E-state index is 6.26. The minimum atomic E-state index is 0.130. The number of aromatic nitrogens is 1. The van der Waals surface area contributed by atoms with Crippen LogP contribution in [0.2, 0.25) is 0 Å². The third-order valence-corrected chi connectivity index (χ3v) is 11.4. The van der Waals surface area contributed by atoms with Crippen LogP contribution in [0.15, 0.2) is 167 Å². The Hall–Kier alpha value is -5.87. The van der Waals surface area contributed by atoms with E-state index < -0.39 is 0 Å². The van der Waals surface area contributed by atoms with Gasteiger partial charge in [0.15, 0.2) is 0 Å². The predicted octanol–water partition coefficient (Wildman–Crippen LogP) is 11.9. The molecule has 0 spiro atoms. The van der Waals surface area contributed by atoms with Crippen molar-refractivity contribution in [3.05, 3.63) is 158 Å². The molecule has 226 valence electrons. The number of benzene rings is 7. The zero-order valence-electron chi connectivity index (χ0n) is 25.6. The van der Waals surface area contributed by atoms with Crippen molar-refractivity contribution in [3.8, 4) is 22.6 Å². The summed E-state index contributed by atoms with van der Waals surface area (Å²) in [7, 11) is 0. The molecule has 0 bridgehead atoms. The number of nitrogens with zero attached hydrogens (tertiary/aromatic N) is 2. The van der Waals surface area contributed by atoms with Crippen LogP contribution in [0.1, 0.15) is 0 Å². The van der Waals surface area contributed by atoms with Crippen molar-refractivity contribution >= 4 is 83.9 Å². The summed E-state index contributed by atoms with van der Waals surface area (Å²) < 4.78 is 15.2. The normalized spacial score (nSPS) is 11.8. The van der Waals surface area contributed by atoms with E-state index in [4.69, 9.17) is 13.8 Å². The fourth-order valence-electron chi connectivity index (χ4n) is 6.87. The molecule has 7 aromatic carbocycles. The molecule has 0 atom stereocenters. The van der Waals surface area contributed by atoms with Crippen molar-refractivity contribution in [2.45, 2.75) is 0 Å². The fraction of sp³-hybridized carbons (Fsp3) is 0. The molecule has 0 amide bonds. The van der Waals surface area contributed by atoms with Gasteiger partial charge in [-0.25, -0.2) is 0 Å². The number of para-hydroxylation sites is 3. The number of furan rings is 1. The fourth-order valence-corrected chi connectivity index (χ4v) is 9.32. The second kappa shape index (κ2) is 10.9. The van der Waals surface area contributed by atoms with Crippen molar-refractivity contribution in [1.29, 1.82) is 0 Å². The van der Waals surface area contributed by atoms with Gasteiger partial charge < -0.3 is 0 Å². The molecule has 0 aliphatic rings. The number of oxazole rings is 1. The average molecular weight is 682 g/mol. The van der Waals surface area contributed by atoms with Gasteiger partial charge in [-0.05, 0) is 0 Å². The first kappa shape index (κ1) is 27.3. The monoisotopic (exact) mass is 682 g/mol. The summed E-state index contributed by atoms with van der Waals surface area (Å²) in [6.07, 6.45) is 0. The van der Waals surface area contributed by atoms with E-state index in [-0.39, 0.29) is 14.5 Å². The molecule has 0 N–H and O–H groups in total. The van der Waals surface area contributed by atoms with Gasteiger partial charge >= 0.3 is 283 Å². The van der Waals surface area contributed by atoms with Crippen LogP contribution >= 0.6 is 0 Å². The van der Waals surface area contributed by atoms with E-state index in [9.17, 15) is 0 Å². The van der Waals surface area contributed by atoms with Crippen molar-refractivity contribution in [2.75, 3.05) is 4.90 Å². The minimum absolute atomic E-state index is 0.130. The molecular formula is C43H26N2O2Se. The van der Waals surface area contributed by atoms with E-state index in [0.717, 1.165) is 55.7 Å². The number of hydrogen-bond donors (Lipinski definition) is 0. The van der Waals surface area contributed by atoms with E-state index in [0.29, 0.717) is 5.89 Å². The van der Waals surface area contributed by atoms with Crippen LogP contribution in [0.4, 0.5) is 17.1 Å². The van der Waals surface area contributed by atoms with Gasteiger partial charge in [0.1, 0.15) is 0 Å². The number of rotatable bonds is 5. The molecule has 4 nitrogen and oxygen atoms in total. The van der Waals surface area contributed by atoms with Crippen molar-refractivity contribution in [3.63, 3.8) is 0 Å². The van der Waals surface area contributed by atoms with Gasteiger partial charge in [-0.2, -0.15) is 0 Å². The second-order valence-electron chi connectivity index (χ2n) is 12.0. The predicted molar refractivity (Wildman–Crippen MR) is 199 cm³/mol. The van der Waals surface area contributed by atoms with Crippen LogP contribution in [0.25, 0.3) is 74.9 Å². The zero-order valence-corrected chi connectivity index (χ0v) is 27.3. The van der Waals surface area contributed by atoms with Crippen molar-refractivity contribution in [1.82, 2.24) is 4.98 Å². The first-order valence-corrected chi connectivity index (χ1v) is 17.7. The molecule has 3 aromatic heterocycles. The molecule has 3 heterocycles. The molecule has 10 aromatic rings. The van der Waals surface area contributed by atoms with Gasteiger partial charge in [0, 0.05) is 0 Å². The van der Waals surface area contributed by atoms with Gasteiger partial charge in [-0.3, -0.25) is 0 Å². The molecule has 10 rings (SSSR count). The summed E-state index contributed by atoms with van der Waals surface area (Å²) in [6.45, 7) is 0. The topological polar surface area (TPSA) is 42.4 Å². The van der Waals surface area contributed by atoms with E-state index >= 15 is 0 Å². The van der Waals surface area contributed by atoms with Crippen LogP contribution in [0, 0.1) is 0 Å². The molecule has 0 radical (unpaired) electrons. The average Bonchev–Trinajstić information content (AvgIpc) is 3.85. The first-order chi connectivity index (χ1) is 23.8.